The minimum Gasteiger partial charge on any atom is -0.463 e. The number of benzene rings is 2. The van der Waals surface area contributed by atoms with Gasteiger partial charge in [0.2, 0.25) is 0 Å². The Morgan fingerprint density at radius 2 is 1.74 bits per heavy atom. The lowest BCUT2D eigenvalue weighted by atomic mass is 10.0. The van der Waals surface area contributed by atoms with Gasteiger partial charge in [0.1, 0.15) is 6.10 Å². The van der Waals surface area contributed by atoms with Crippen LogP contribution in [0.5, 0.6) is 0 Å². The highest BCUT2D eigenvalue weighted by molar-refractivity contribution is 8.01. The molecule has 0 aliphatic rings. The maximum absolute atomic E-state index is 15.4. The third kappa shape index (κ3) is 4.56. The first-order valence-electron chi connectivity index (χ1n) is 7.38. The fourth-order valence-corrected chi connectivity index (χ4v) is 3.10. The number of hydrogen-bond acceptors (Lipinski definition) is 4. The van der Waals surface area contributed by atoms with Crippen LogP contribution in [-0.4, -0.2) is 28.8 Å². The number of esters is 1. The molecule has 2 atom stereocenters. The summed E-state index contributed by atoms with van der Waals surface area (Å²) in [7, 11) is 0. The van der Waals surface area contributed by atoms with Crippen molar-refractivity contribution in [3.05, 3.63) is 66.2 Å². The number of thioether (sulfide) groups is 1. The Hall–Kier alpha value is -1.85. The van der Waals surface area contributed by atoms with Crippen LogP contribution in [0.2, 0.25) is 0 Å². The Labute approximate surface area is 139 Å². The van der Waals surface area contributed by atoms with Gasteiger partial charge in [-0.25, -0.2) is 9.18 Å². The second kappa shape index (κ2) is 8.13. The van der Waals surface area contributed by atoms with Crippen LogP contribution in [-0.2, 0) is 16.0 Å². The molecule has 0 fully saturated rings. The van der Waals surface area contributed by atoms with E-state index in [1.165, 1.54) is 0 Å². The molecule has 1 N–H and O–H groups in total. The summed E-state index contributed by atoms with van der Waals surface area (Å²) >= 11 is 0.675. The number of rotatable bonds is 7. The fraction of sp³-hybridized carbons (Fsp3) is 0.278. The summed E-state index contributed by atoms with van der Waals surface area (Å²) in [6.45, 7) is 1.66. The summed E-state index contributed by atoms with van der Waals surface area (Å²) < 4.78 is 20.2. The summed E-state index contributed by atoms with van der Waals surface area (Å²) in [5, 5.41) is 7.82. The standard InChI is InChI=1S/C18H19FO3S/c1-2-22-17(21)18(19,23-15-11-7-4-8-12-15)16(20)13-14-9-5-3-6-10-14/h3-12,16,20H,2,13H2,1H3. The van der Waals surface area contributed by atoms with Crippen LogP contribution in [0.3, 0.4) is 0 Å². The van der Waals surface area contributed by atoms with E-state index in [0.717, 1.165) is 5.56 Å². The van der Waals surface area contributed by atoms with Crippen LogP contribution >= 0.6 is 11.8 Å². The maximum atomic E-state index is 15.4. The van der Waals surface area contributed by atoms with Crippen molar-refractivity contribution in [3.8, 4) is 0 Å². The molecule has 2 aromatic rings. The number of halogens is 1. The highest BCUT2D eigenvalue weighted by atomic mass is 32.2. The van der Waals surface area contributed by atoms with Crippen molar-refractivity contribution in [2.24, 2.45) is 0 Å². The molecule has 0 amide bonds. The number of aliphatic hydroxyl groups is 1. The van der Waals surface area contributed by atoms with Gasteiger partial charge in [-0.3, -0.25) is 0 Å². The lowest BCUT2D eigenvalue weighted by Crippen LogP contribution is -2.45. The monoisotopic (exact) mass is 334 g/mol. The quantitative estimate of drug-likeness (QED) is 0.621. The lowest BCUT2D eigenvalue weighted by molar-refractivity contribution is -0.156. The van der Waals surface area contributed by atoms with Gasteiger partial charge in [-0.2, -0.15) is 0 Å². The molecule has 0 saturated carbocycles. The van der Waals surface area contributed by atoms with Gasteiger partial charge in [0, 0.05) is 11.3 Å². The number of carbonyl (C=O) groups is 1. The third-order valence-electron chi connectivity index (χ3n) is 3.26. The van der Waals surface area contributed by atoms with Crippen molar-refractivity contribution in [1.82, 2.24) is 0 Å². The van der Waals surface area contributed by atoms with Crippen LogP contribution in [0.25, 0.3) is 0 Å². The van der Waals surface area contributed by atoms with Crippen molar-refractivity contribution in [2.45, 2.75) is 29.3 Å². The van der Waals surface area contributed by atoms with Gasteiger partial charge in [-0.05, 0) is 24.6 Å². The first kappa shape index (κ1) is 17.5. The molecular formula is C18H19FO3S. The minimum atomic E-state index is -2.56. The average molecular weight is 334 g/mol. The Balaban J connectivity index is 2.23. The van der Waals surface area contributed by atoms with E-state index < -0.39 is 17.1 Å². The molecular weight excluding hydrogens is 315 g/mol. The van der Waals surface area contributed by atoms with Gasteiger partial charge in [0.15, 0.2) is 0 Å². The predicted molar refractivity (Wildman–Crippen MR) is 88.9 cm³/mol. The summed E-state index contributed by atoms with van der Waals surface area (Å²) in [5.41, 5.74) is 0.750. The van der Waals surface area contributed by atoms with Crippen molar-refractivity contribution in [2.75, 3.05) is 6.61 Å². The molecule has 2 aromatic carbocycles. The molecule has 0 heterocycles. The molecule has 0 bridgehead atoms. The maximum Gasteiger partial charge on any atom is 0.357 e. The van der Waals surface area contributed by atoms with Gasteiger partial charge in [-0.1, -0.05) is 60.3 Å². The van der Waals surface area contributed by atoms with E-state index in [4.69, 9.17) is 4.74 Å². The smallest absolute Gasteiger partial charge is 0.357 e. The number of aliphatic hydroxyl groups excluding tert-OH is 1. The largest absolute Gasteiger partial charge is 0.463 e. The molecule has 5 heteroatoms. The van der Waals surface area contributed by atoms with Crippen molar-refractivity contribution < 1.29 is 19.0 Å². The van der Waals surface area contributed by atoms with E-state index in [1.54, 1.807) is 61.5 Å². The number of hydrogen-bond donors (Lipinski definition) is 1. The van der Waals surface area contributed by atoms with E-state index in [0.29, 0.717) is 16.7 Å². The van der Waals surface area contributed by atoms with Gasteiger partial charge in [0.05, 0.1) is 6.61 Å². The minimum absolute atomic E-state index is 0.0238. The first-order valence-corrected chi connectivity index (χ1v) is 8.20. The topological polar surface area (TPSA) is 46.5 Å². The molecule has 0 radical (unpaired) electrons. The Morgan fingerprint density at radius 1 is 1.17 bits per heavy atom. The first-order chi connectivity index (χ1) is 11.1. The molecule has 2 rings (SSSR count). The molecule has 3 nitrogen and oxygen atoms in total. The number of alkyl halides is 1. The highest BCUT2D eigenvalue weighted by Crippen LogP contribution is 2.39. The molecule has 0 aliphatic heterocycles. The van der Waals surface area contributed by atoms with Crippen LogP contribution in [0, 0.1) is 0 Å². The zero-order valence-corrected chi connectivity index (χ0v) is 13.6. The Kier molecular flexibility index (Phi) is 6.19. The van der Waals surface area contributed by atoms with Crippen LogP contribution in [0.15, 0.2) is 65.6 Å². The SMILES string of the molecule is CCOC(=O)C(F)(Sc1ccccc1)C(O)Cc1ccccc1. The van der Waals surface area contributed by atoms with Crippen molar-refractivity contribution >= 4 is 17.7 Å². The van der Waals surface area contributed by atoms with Crippen molar-refractivity contribution in [3.63, 3.8) is 0 Å². The Bertz CT molecular complexity index is 621. The van der Waals surface area contributed by atoms with E-state index in [9.17, 15) is 9.90 Å². The van der Waals surface area contributed by atoms with E-state index in [1.807, 2.05) is 6.07 Å². The van der Waals surface area contributed by atoms with Crippen LogP contribution < -0.4 is 0 Å². The van der Waals surface area contributed by atoms with Gasteiger partial charge < -0.3 is 9.84 Å². The van der Waals surface area contributed by atoms with Crippen molar-refractivity contribution in [1.29, 1.82) is 0 Å². The molecule has 0 aliphatic carbocycles. The number of ether oxygens (including phenoxy) is 1. The van der Waals surface area contributed by atoms with E-state index in [2.05, 4.69) is 0 Å². The molecule has 2 unspecified atom stereocenters. The molecule has 0 aromatic heterocycles. The summed E-state index contributed by atoms with van der Waals surface area (Å²) in [6, 6.07) is 17.7. The second-order valence-corrected chi connectivity index (χ2v) is 6.26. The van der Waals surface area contributed by atoms with Crippen LogP contribution in [0.1, 0.15) is 12.5 Å². The lowest BCUT2D eigenvalue weighted by Gasteiger charge is -2.27. The Morgan fingerprint density at radius 3 is 2.30 bits per heavy atom. The zero-order valence-electron chi connectivity index (χ0n) is 12.8. The summed E-state index contributed by atoms with van der Waals surface area (Å²) in [4.78, 5) is 12.7. The molecule has 0 saturated heterocycles. The molecule has 0 spiro atoms. The second-order valence-electron chi connectivity index (χ2n) is 4.99. The number of carbonyl (C=O) groups excluding carboxylic acids is 1. The van der Waals surface area contributed by atoms with Gasteiger partial charge >= 0.3 is 5.97 Å². The zero-order chi connectivity index (χ0) is 16.7. The predicted octanol–water partition coefficient (Wildman–Crippen LogP) is 3.61. The normalized spacial score (nSPS) is 14.7. The van der Waals surface area contributed by atoms with Crippen LogP contribution in [0.4, 0.5) is 4.39 Å². The van der Waals surface area contributed by atoms with Gasteiger partial charge in [0.25, 0.3) is 5.00 Å². The highest BCUT2D eigenvalue weighted by Gasteiger charge is 2.48. The van der Waals surface area contributed by atoms with Gasteiger partial charge in [-0.15, -0.1) is 0 Å². The fourth-order valence-electron chi connectivity index (χ4n) is 2.10. The summed E-state index contributed by atoms with van der Waals surface area (Å²) in [6.07, 6.45) is -1.50. The molecule has 122 valence electrons. The van der Waals surface area contributed by atoms with E-state index in [-0.39, 0.29) is 13.0 Å². The van der Waals surface area contributed by atoms with E-state index >= 15 is 4.39 Å². The third-order valence-corrected chi connectivity index (χ3v) is 4.51. The summed E-state index contributed by atoms with van der Waals surface area (Å²) in [5.74, 6) is -1.06. The average Bonchev–Trinajstić information content (AvgIpc) is 2.56. The molecule has 23 heavy (non-hydrogen) atoms.